The van der Waals surface area contributed by atoms with E-state index in [1.165, 1.54) is 18.2 Å². The second kappa shape index (κ2) is 6.00. The minimum absolute atomic E-state index is 0.0368. The highest BCUT2D eigenvalue weighted by atomic mass is 16.6. The van der Waals surface area contributed by atoms with Gasteiger partial charge in [0.15, 0.2) is 0 Å². The molecule has 0 atom stereocenters. The van der Waals surface area contributed by atoms with Crippen LogP contribution in [0.25, 0.3) is 0 Å². The molecule has 1 aromatic carbocycles. The average molecular weight is 286 g/mol. The number of anilines is 1. The predicted octanol–water partition coefficient (Wildman–Crippen LogP) is 1.81. The molecule has 0 radical (unpaired) electrons. The largest absolute Gasteiger partial charge is 0.393 e. The summed E-state index contributed by atoms with van der Waals surface area (Å²) in [7, 11) is 0. The zero-order valence-corrected chi connectivity index (χ0v) is 11.4. The molecule has 3 N–H and O–H groups in total. The number of nitrogens with two attached hydrogens (primary N) is 1. The van der Waals surface area contributed by atoms with Crippen molar-refractivity contribution in [3.05, 3.63) is 63.5 Å². The minimum Gasteiger partial charge on any atom is -0.393 e. The van der Waals surface area contributed by atoms with Crippen LogP contribution >= 0.6 is 0 Å². The monoisotopic (exact) mass is 286 g/mol. The number of aryl methyl sites for hydroxylation is 1. The molecule has 1 amide bonds. The number of nitrogens with zero attached hydrogens (tertiary/aromatic N) is 2. The third kappa shape index (κ3) is 3.14. The van der Waals surface area contributed by atoms with E-state index in [2.05, 4.69) is 10.3 Å². The van der Waals surface area contributed by atoms with Crippen molar-refractivity contribution in [2.45, 2.75) is 13.5 Å². The van der Waals surface area contributed by atoms with Gasteiger partial charge in [-0.25, -0.2) is 0 Å². The Hall–Kier alpha value is -2.96. The Kier molecular flexibility index (Phi) is 4.13. The van der Waals surface area contributed by atoms with Crippen molar-refractivity contribution >= 4 is 17.3 Å². The molecule has 2 rings (SSSR count). The molecule has 0 saturated carbocycles. The van der Waals surface area contributed by atoms with E-state index in [0.29, 0.717) is 0 Å². The fourth-order valence-electron chi connectivity index (χ4n) is 1.90. The quantitative estimate of drug-likeness (QED) is 0.506. The fraction of sp³-hybridized carbons (Fsp3) is 0.143. The average Bonchev–Trinajstić information content (AvgIpc) is 2.45. The minimum atomic E-state index is -0.653. The van der Waals surface area contributed by atoms with E-state index in [4.69, 9.17) is 5.73 Å². The number of carbonyl (C=O) groups is 1. The molecule has 2 aromatic rings. The van der Waals surface area contributed by atoms with E-state index in [0.717, 1.165) is 11.1 Å². The lowest BCUT2D eigenvalue weighted by molar-refractivity contribution is -0.384. The Morgan fingerprint density at radius 2 is 2.19 bits per heavy atom. The number of nitro groups is 1. The Balaban J connectivity index is 2.20. The molecule has 7 nitrogen and oxygen atoms in total. The number of nitrogens with one attached hydrogen (secondary N) is 1. The maximum atomic E-state index is 12.1. The summed E-state index contributed by atoms with van der Waals surface area (Å²) in [4.78, 5) is 26.4. The summed E-state index contributed by atoms with van der Waals surface area (Å²) in [5.41, 5.74) is 6.92. The van der Waals surface area contributed by atoms with Crippen LogP contribution in [-0.4, -0.2) is 15.8 Å². The van der Waals surface area contributed by atoms with Crippen LogP contribution in [0.5, 0.6) is 0 Å². The second-order valence-corrected chi connectivity index (χ2v) is 4.49. The molecule has 1 aromatic heterocycles. The van der Waals surface area contributed by atoms with Crippen molar-refractivity contribution in [1.82, 2.24) is 10.3 Å². The van der Waals surface area contributed by atoms with Crippen molar-refractivity contribution < 1.29 is 9.72 Å². The van der Waals surface area contributed by atoms with Gasteiger partial charge in [-0.05, 0) is 36.2 Å². The lowest BCUT2D eigenvalue weighted by Gasteiger charge is -2.08. The molecule has 0 unspecified atom stereocenters. The van der Waals surface area contributed by atoms with Crippen molar-refractivity contribution in [1.29, 1.82) is 0 Å². The molecule has 0 aliphatic rings. The summed E-state index contributed by atoms with van der Waals surface area (Å²) < 4.78 is 0. The van der Waals surface area contributed by atoms with E-state index in [1.807, 2.05) is 13.0 Å². The zero-order valence-electron chi connectivity index (χ0n) is 11.4. The molecule has 0 bridgehead atoms. The van der Waals surface area contributed by atoms with Gasteiger partial charge in [-0.2, -0.15) is 0 Å². The third-order valence-electron chi connectivity index (χ3n) is 3.08. The van der Waals surface area contributed by atoms with Gasteiger partial charge in [0.05, 0.1) is 4.92 Å². The molecule has 0 spiro atoms. The Labute approximate surface area is 121 Å². The topological polar surface area (TPSA) is 111 Å². The number of carbonyl (C=O) groups excluding carboxylic acids is 1. The molecular weight excluding hydrogens is 272 g/mol. The molecule has 21 heavy (non-hydrogen) atoms. The second-order valence-electron chi connectivity index (χ2n) is 4.49. The first-order valence-electron chi connectivity index (χ1n) is 6.21. The number of pyridine rings is 1. The summed E-state index contributed by atoms with van der Waals surface area (Å²) >= 11 is 0. The number of nitro benzene ring substituents is 1. The highest BCUT2D eigenvalue weighted by molar-refractivity contribution is 6.00. The van der Waals surface area contributed by atoms with Gasteiger partial charge >= 0.3 is 5.69 Å². The fourth-order valence-corrected chi connectivity index (χ4v) is 1.90. The van der Waals surface area contributed by atoms with Gasteiger partial charge in [0.25, 0.3) is 5.91 Å². The van der Waals surface area contributed by atoms with E-state index in [1.54, 1.807) is 12.4 Å². The number of hydrogen-bond donors (Lipinski definition) is 2. The Bertz CT molecular complexity index is 700. The maximum Gasteiger partial charge on any atom is 0.304 e. The summed E-state index contributed by atoms with van der Waals surface area (Å²) in [6, 6.07) is 6.09. The summed E-state index contributed by atoms with van der Waals surface area (Å²) in [5.74, 6) is -0.544. The smallest absolute Gasteiger partial charge is 0.304 e. The number of para-hydroxylation sites is 1. The van der Waals surface area contributed by atoms with Gasteiger partial charge in [-0.3, -0.25) is 19.9 Å². The number of nitrogen functional groups attached to an aromatic ring is 1. The highest BCUT2D eigenvalue weighted by Crippen LogP contribution is 2.25. The van der Waals surface area contributed by atoms with Crippen LogP contribution in [0.4, 0.5) is 11.4 Å². The van der Waals surface area contributed by atoms with Crippen LogP contribution in [0.1, 0.15) is 21.5 Å². The highest BCUT2D eigenvalue weighted by Gasteiger charge is 2.22. The molecule has 1 heterocycles. The number of aromatic nitrogens is 1. The number of rotatable bonds is 4. The van der Waals surface area contributed by atoms with Crippen molar-refractivity contribution in [2.75, 3.05) is 5.73 Å². The summed E-state index contributed by atoms with van der Waals surface area (Å²) in [5, 5.41) is 13.7. The van der Waals surface area contributed by atoms with Gasteiger partial charge in [-0.15, -0.1) is 0 Å². The van der Waals surface area contributed by atoms with Gasteiger partial charge in [0, 0.05) is 18.9 Å². The van der Waals surface area contributed by atoms with Crippen LogP contribution < -0.4 is 11.1 Å². The summed E-state index contributed by atoms with van der Waals surface area (Å²) in [6.07, 6.45) is 3.30. The van der Waals surface area contributed by atoms with Crippen LogP contribution in [0, 0.1) is 17.0 Å². The molecule has 0 aliphatic heterocycles. The van der Waals surface area contributed by atoms with Crippen LogP contribution in [0.2, 0.25) is 0 Å². The van der Waals surface area contributed by atoms with Crippen molar-refractivity contribution in [3.8, 4) is 0 Å². The zero-order chi connectivity index (χ0) is 15.4. The van der Waals surface area contributed by atoms with E-state index in [-0.39, 0.29) is 23.5 Å². The Morgan fingerprint density at radius 3 is 2.86 bits per heavy atom. The van der Waals surface area contributed by atoms with E-state index >= 15 is 0 Å². The van der Waals surface area contributed by atoms with E-state index in [9.17, 15) is 14.9 Å². The number of amides is 1. The molecule has 0 fully saturated rings. The van der Waals surface area contributed by atoms with Crippen molar-refractivity contribution in [3.63, 3.8) is 0 Å². The number of benzene rings is 1. The van der Waals surface area contributed by atoms with Crippen molar-refractivity contribution in [2.24, 2.45) is 0 Å². The third-order valence-corrected chi connectivity index (χ3v) is 3.08. The van der Waals surface area contributed by atoms with Crippen LogP contribution in [0.3, 0.4) is 0 Å². The van der Waals surface area contributed by atoms with Gasteiger partial charge in [0.1, 0.15) is 11.3 Å². The lowest BCUT2D eigenvalue weighted by atomic mass is 10.1. The van der Waals surface area contributed by atoms with Gasteiger partial charge in [-0.1, -0.05) is 6.07 Å². The molecular formula is C14H14N4O3. The first kappa shape index (κ1) is 14.4. The molecule has 0 aliphatic carbocycles. The van der Waals surface area contributed by atoms with E-state index < -0.39 is 10.8 Å². The standard InChI is InChI=1S/C14H14N4O3/c1-9-5-6-16-7-10(9)8-17-14(19)11-3-2-4-12(15)13(11)18(20)21/h2-7H,8,15H2,1H3,(H,17,19). The molecule has 0 saturated heterocycles. The van der Waals surface area contributed by atoms with Gasteiger partial charge < -0.3 is 11.1 Å². The van der Waals surface area contributed by atoms with Crippen LogP contribution in [0.15, 0.2) is 36.7 Å². The lowest BCUT2D eigenvalue weighted by Crippen LogP contribution is -2.24. The first-order valence-corrected chi connectivity index (χ1v) is 6.21. The maximum absolute atomic E-state index is 12.1. The predicted molar refractivity (Wildman–Crippen MR) is 77.7 cm³/mol. The molecule has 108 valence electrons. The summed E-state index contributed by atoms with van der Waals surface area (Å²) in [6.45, 7) is 2.14. The molecule has 7 heteroatoms. The Morgan fingerprint density at radius 1 is 1.43 bits per heavy atom. The normalized spacial score (nSPS) is 10.1. The van der Waals surface area contributed by atoms with Crippen LogP contribution in [-0.2, 0) is 6.54 Å². The van der Waals surface area contributed by atoms with Gasteiger partial charge in [0.2, 0.25) is 0 Å². The SMILES string of the molecule is Cc1ccncc1CNC(=O)c1cccc(N)c1[N+](=O)[O-]. The first-order chi connectivity index (χ1) is 10.0. The number of hydrogen-bond acceptors (Lipinski definition) is 5.